The van der Waals surface area contributed by atoms with Gasteiger partial charge in [0.15, 0.2) is 0 Å². The van der Waals surface area contributed by atoms with Crippen LogP contribution in [0.25, 0.3) is 5.95 Å². The van der Waals surface area contributed by atoms with Crippen molar-refractivity contribution < 1.29 is 0 Å². The Hall–Kier alpha value is -1.72. The van der Waals surface area contributed by atoms with Gasteiger partial charge in [0.05, 0.1) is 7.05 Å². The van der Waals surface area contributed by atoms with E-state index in [1.54, 1.807) is 18.5 Å². The molecule has 6 nitrogen and oxygen atoms in total. The van der Waals surface area contributed by atoms with E-state index in [1.165, 1.54) is 9.36 Å². The van der Waals surface area contributed by atoms with Gasteiger partial charge in [0, 0.05) is 12.4 Å². The molecule has 0 aliphatic rings. The zero-order chi connectivity index (χ0) is 7.68. The first-order valence-corrected chi connectivity index (χ1v) is 2.97. The normalized spacial score (nSPS) is 10.3. The van der Waals surface area contributed by atoms with Crippen molar-refractivity contribution in [3.05, 3.63) is 25.5 Å². The lowest BCUT2D eigenvalue weighted by Gasteiger charge is -1.94. The summed E-state index contributed by atoms with van der Waals surface area (Å²) in [6, 6.07) is 1.79. The number of nitrogens with zero attached hydrogens (tertiary/aromatic N) is 6. The molecular weight excluding hydrogens is 144 g/mol. The van der Waals surface area contributed by atoms with Crippen LogP contribution < -0.4 is 0 Å². The molecule has 0 atom stereocenters. The third-order valence-electron chi connectivity index (χ3n) is 1.22. The summed E-state index contributed by atoms with van der Waals surface area (Å²) in [6.45, 7) is 0. The molecule has 2 rings (SSSR count). The van der Waals surface area contributed by atoms with Crippen molar-refractivity contribution in [2.75, 3.05) is 0 Å². The zero-order valence-corrected chi connectivity index (χ0v) is 5.62. The van der Waals surface area contributed by atoms with E-state index in [0.717, 1.165) is 0 Å². The highest BCUT2D eigenvalue weighted by Gasteiger charge is 2.02. The molecule has 0 aliphatic carbocycles. The molecule has 0 N–H and O–H groups in total. The van der Waals surface area contributed by atoms with Crippen LogP contribution in [0, 0.1) is 7.05 Å². The van der Waals surface area contributed by atoms with E-state index in [0.29, 0.717) is 5.95 Å². The van der Waals surface area contributed by atoms with Gasteiger partial charge in [-0.15, -0.1) is 0 Å². The summed E-state index contributed by atoms with van der Waals surface area (Å²) in [7, 11) is 3.56. The van der Waals surface area contributed by atoms with Crippen LogP contribution in [0.4, 0.5) is 0 Å². The molecular formula is C5H5N6. The Morgan fingerprint density at radius 1 is 1.45 bits per heavy atom. The molecule has 1 radical (unpaired) electrons. The van der Waals surface area contributed by atoms with Crippen LogP contribution in [0.3, 0.4) is 0 Å². The molecule has 0 amide bonds. The van der Waals surface area contributed by atoms with Crippen molar-refractivity contribution in [3.8, 4) is 5.95 Å². The van der Waals surface area contributed by atoms with Crippen molar-refractivity contribution in [1.29, 1.82) is 0 Å². The number of hydrogen-bond donors (Lipinski definition) is 0. The van der Waals surface area contributed by atoms with E-state index in [-0.39, 0.29) is 0 Å². The predicted octanol–water partition coefficient (Wildman–Crippen LogP) is -0.502. The maximum Gasteiger partial charge on any atom is 0.270 e. The molecule has 0 aromatic carbocycles. The van der Waals surface area contributed by atoms with E-state index in [4.69, 9.17) is 0 Å². The predicted molar refractivity (Wildman–Crippen MR) is 35.7 cm³/mol. The summed E-state index contributed by atoms with van der Waals surface area (Å²) in [6.07, 6.45) is 3.39. The summed E-state index contributed by atoms with van der Waals surface area (Å²) < 4.78 is 2.83. The first kappa shape index (κ1) is 6.02. The lowest BCUT2D eigenvalue weighted by Crippen LogP contribution is -2.02. The van der Waals surface area contributed by atoms with Gasteiger partial charge in [0.2, 0.25) is 0 Å². The third kappa shape index (κ3) is 0.878. The summed E-state index contributed by atoms with van der Waals surface area (Å²) in [5, 5.41) is 14.6. The molecule has 0 spiro atoms. The Morgan fingerprint density at radius 3 is 2.91 bits per heavy atom. The Bertz CT molecular complexity index is 333. The quantitative estimate of drug-likeness (QED) is 0.548. The summed E-state index contributed by atoms with van der Waals surface area (Å²) in [4.78, 5) is 0. The largest absolute Gasteiger partial charge is 0.270 e. The molecule has 0 bridgehead atoms. The zero-order valence-electron chi connectivity index (χ0n) is 5.62. The summed E-state index contributed by atoms with van der Waals surface area (Å²) in [5.41, 5.74) is 0. The van der Waals surface area contributed by atoms with Crippen molar-refractivity contribution in [1.82, 2.24) is 30.0 Å². The van der Waals surface area contributed by atoms with E-state index in [9.17, 15) is 0 Å². The maximum absolute atomic E-state index is 3.93. The minimum absolute atomic E-state index is 0.495. The number of aromatic nitrogens is 6. The average molecular weight is 149 g/mol. The van der Waals surface area contributed by atoms with E-state index in [1.807, 2.05) is 0 Å². The molecule has 11 heavy (non-hydrogen) atoms. The number of rotatable bonds is 1. The Balaban J connectivity index is 2.53. The van der Waals surface area contributed by atoms with Crippen LogP contribution in [0.1, 0.15) is 0 Å². The van der Waals surface area contributed by atoms with Crippen LogP contribution in [-0.4, -0.2) is 30.0 Å². The highest BCUT2D eigenvalue weighted by Crippen LogP contribution is 1.96. The van der Waals surface area contributed by atoms with E-state index in [2.05, 4.69) is 27.7 Å². The fourth-order valence-corrected chi connectivity index (χ4v) is 0.751. The monoisotopic (exact) mass is 149 g/mol. The van der Waals surface area contributed by atoms with Gasteiger partial charge in [-0.2, -0.15) is 5.10 Å². The third-order valence-corrected chi connectivity index (χ3v) is 1.22. The molecule has 55 valence electrons. The molecule has 2 heterocycles. The van der Waals surface area contributed by atoms with Crippen molar-refractivity contribution in [3.63, 3.8) is 0 Å². The van der Waals surface area contributed by atoms with Gasteiger partial charge < -0.3 is 0 Å². The SMILES string of the molecule is [CH2]n1nnnc1-n1cccn1. The van der Waals surface area contributed by atoms with Crippen LogP contribution in [0.2, 0.25) is 0 Å². The topological polar surface area (TPSA) is 61.4 Å². The van der Waals surface area contributed by atoms with Gasteiger partial charge in [-0.05, 0) is 16.5 Å². The number of hydrogen-bond acceptors (Lipinski definition) is 4. The first-order chi connectivity index (χ1) is 5.38. The van der Waals surface area contributed by atoms with Crippen molar-refractivity contribution >= 4 is 0 Å². The molecule has 0 saturated heterocycles. The molecule has 0 saturated carbocycles. The molecule has 0 aliphatic heterocycles. The minimum atomic E-state index is 0.495. The van der Waals surface area contributed by atoms with Gasteiger partial charge >= 0.3 is 0 Å². The number of tetrazole rings is 1. The molecule has 2 aromatic heterocycles. The standard InChI is InChI=1S/C5H5N6/c1-10-5(7-8-9-10)11-4-2-3-6-11/h2-4H,1H2. The Morgan fingerprint density at radius 2 is 2.36 bits per heavy atom. The van der Waals surface area contributed by atoms with E-state index < -0.39 is 0 Å². The van der Waals surface area contributed by atoms with Gasteiger partial charge in [-0.1, -0.05) is 5.10 Å². The summed E-state index contributed by atoms with van der Waals surface area (Å²) >= 11 is 0. The van der Waals surface area contributed by atoms with Gasteiger partial charge in [0.25, 0.3) is 5.95 Å². The lowest BCUT2D eigenvalue weighted by molar-refractivity contribution is 0.737. The fraction of sp³-hybridized carbons (Fsp3) is 0. The van der Waals surface area contributed by atoms with Crippen LogP contribution in [-0.2, 0) is 0 Å². The smallest absolute Gasteiger partial charge is 0.208 e. The second-order valence-electron chi connectivity index (χ2n) is 1.93. The summed E-state index contributed by atoms with van der Waals surface area (Å²) in [5.74, 6) is 0.495. The Labute approximate surface area is 62.4 Å². The highest BCUT2D eigenvalue weighted by atomic mass is 15.6. The highest BCUT2D eigenvalue weighted by molar-refractivity contribution is 5.05. The van der Waals surface area contributed by atoms with Crippen LogP contribution >= 0.6 is 0 Å². The van der Waals surface area contributed by atoms with Crippen LogP contribution in [0.5, 0.6) is 0 Å². The van der Waals surface area contributed by atoms with Gasteiger partial charge in [-0.3, -0.25) is 0 Å². The lowest BCUT2D eigenvalue weighted by atomic mass is 10.7. The fourth-order valence-electron chi connectivity index (χ4n) is 0.751. The average Bonchev–Trinajstić information content (AvgIpc) is 2.55. The first-order valence-electron chi connectivity index (χ1n) is 2.97. The molecule has 2 aromatic rings. The second-order valence-corrected chi connectivity index (χ2v) is 1.93. The minimum Gasteiger partial charge on any atom is -0.208 e. The van der Waals surface area contributed by atoms with Gasteiger partial charge in [0.1, 0.15) is 0 Å². The van der Waals surface area contributed by atoms with Crippen molar-refractivity contribution in [2.24, 2.45) is 0 Å². The van der Waals surface area contributed by atoms with E-state index >= 15 is 0 Å². The molecule has 0 unspecified atom stereocenters. The molecule has 0 fully saturated rings. The van der Waals surface area contributed by atoms with Gasteiger partial charge in [-0.25, -0.2) is 9.36 Å². The van der Waals surface area contributed by atoms with Crippen LogP contribution in [0.15, 0.2) is 18.5 Å². The second kappa shape index (κ2) is 2.15. The maximum atomic E-state index is 3.93. The Kier molecular flexibility index (Phi) is 1.18. The molecule has 6 heteroatoms. The van der Waals surface area contributed by atoms with Crippen molar-refractivity contribution in [2.45, 2.75) is 0 Å².